The zero-order chi connectivity index (χ0) is 11.6. The van der Waals surface area contributed by atoms with Gasteiger partial charge in [-0.3, -0.25) is 0 Å². The molecule has 1 saturated carbocycles. The van der Waals surface area contributed by atoms with Crippen molar-refractivity contribution in [1.82, 2.24) is 4.98 Å². The van der Waals surface area contributed by atoms with Gasteiger partial charge in [0.25, 0.3) is 0 Å². The third kappa shape index (κ3) is 3.21. The van der Waals surface area contributed by atoms with Gasteiger partial charge in [-0.2, -0.15) is 0 Å². The smallest absolute Gasteiger partial charge is 0.213 e. The van der Waals surface area contributed by atoms with E-state index in [1.165, 1.54) is 12.8 Å². The summed E-state index contributed by atoms with van der Waals surface area (Å²) in [4.78, 5) is 4.24. The first-order valence-electron chi connectivity index (χ1n) is 5.83. The van der Waals surface area contributed by atoms with E-state index in [0.717, 1.165) is 23.2 Å². The molecule has 0 amide bonds. The maximum Gasteiger partial charge on any atom is 0.213 e. The lowest BCUT2D eigenvalue weighted by molar-refractivity contribution is 0.0949. The van der Waals surface area contributed by atoms with Crippen LogP contribution in [0.25, 0.3) is 0 Å². The van der Waals surface area contributed by atoms with E-state index in [4.69, 9.17) is 4.74 Å². The van der Waals surface area contributed by atoms with E-state index in [0.29, 0.717) is 11.5 Å². The number of halogens is 1. The van der Waals surface area contributed by atoms with E-state index in [-0.39, 0.29) is 0 Å². The highest BCUT2D eigenvalue weighted by Crippen LogP contribution is 2.36. The minimum atomic E-state index is 0.349. The van der Waals surface area contributed by atoms with Gasteiger partial charge in [-0.1, -0.05) is 13.8 Å². The summed E-state index contributed by atoms with van der Waals surface area (Å²) in [6, 6.07) is 3.89. The van der Waals surface area contributed by atoms with Gasteiger partial charge in [0.15, 0.2) is 0 Å². The van der Waals surface area contributed by atoms with Gasteiger partial charge in [-0.25, -0.2) is 4.98 Å². The number of aromatic nitrogens is 1. The molecule has 0 radical (unpaired) electrons. The van der Waals surface area contributed by atoms with E-state index in [1.807, 2.05) is 12.1 Å². The molecule has 1 aromatic heterocycles. The number of rotatable bonds is 2. The van der Waals surface area contributed by atoms with E-state index in [2.05, 4.69) is 34.8 Å². The first-order valence-corrected chi connectivity index (χ1v) is 6.63. The number of nitrogens with zero attached hydrogens (tertiary/aromatic N) is 1. The zero-order valence-corrected chi connectivity index (χ0v) is 11.5. The SMILES string of the molecule is CC1(C)CCC(Oc2ccc(Br)cn2)CC1. The van der Waals surface area contributed by atoms with E-state index >= 15 is 0 Å². The average molecular weight is 284 g/mol. The molecule has 1 aliphatic rings. The van der Waals surface area contributed by atoms with Crippen LogP contribution in [0.1, 0.15) is 39.5 Å². The van der Waals surface area contributed by atoms with E-state index in [9.17, 15) is 0 Å². The molecule has 0 N–H and O–H groups in total. The summed E-state index contributed by atoms with van der Waals surface area (Å²) in [7, 11) is 0. The molecular weight excluding hydrogens is 266 g/mol. The largest absolute Gasteiger partial charge is 0.474 e. The third-order valence-electron chi connectivity index (χ3n) is 3.27. The Morgan fingerprint density at radius 1 is 1.31 bits per heavy atom. The van der Waals surface area contributed by atoms with Crippen molar-refractivity contribution in [2.75, 3.05) is 0 Å². The molecule has 3 heteroatoms. The van der Waals surface area contributed by atoms with Crippen LogP contribution in [0.15, 0.2) is 22.8 Å². The summed E-state index contributed by atoms with van der Waals surface area (Å²) in [5.74, 6) is 0.743. The average Bonchev–Trinajstić information content (AvgIpc) is 2.24. The van der Waals surface area contributed by atoms with Crippen molar-refractivity contribution in [3.63, 3.8) is 0 Å². The first kappa shape index (κ1) is 11.9. The lowest BCUT2D eigenvalue weighted by Crippen LogP contribution is -2.28. The first-order chi connectivity index (χ1) is 7.55. The van der Waals surface area contributed by atoms with Crippen LogP contribution in [0, 0.1) is 5.41 Å². The van der Waals surface area contributed by atoms with Gasteiger partial charge >= 0.3 is 0 Å². The van der Waals surface area contributed by atoms with Crippen LogP contribution in [0.5, 0.6) is 5.88 Å². The van der Waals surface area contributed by atoms with Crippen molar-refractivity contribution in [2.45, 2.75) is 45.6 Å². The minimum absolute atomic E-state index is 0.349. The topological polar surface area (TPSA) is 22.1 Å². The second-order valence-electron chi connectivity index (χ2n) is 5.30. The fraction of sp³-hybridized carbons (Fsp3) is 0.615. The number of ether oxygens (including phenoxy) is 1. The second-order valence-corrected chi connectivity index (χ2v) is 6.21. The van der Waals surface area contributed by atoms with Crippen molar-refractivity contribution in [3.8, 4) is 5.88 Å². The Kier molecular flexibility index (Phi) is 3.53. The normalized spacial score (nSPS) is 20.7. The molecule has 0 unspecified atom stereocenters. The maximum absolute atomic E-state index is 5.87. The molecule has 16 heavy (non-hydrogen) atoms. The molecular formula is C13H18BrNO. The minimum Gasteiger partial charge on any atom is -0.474 e. The summed E-state index contributed by atoms with van der Waals surface area (Å²) in [6.07, 6.45) is 6.90. The summed E-state index contributed by atoms with van der Waals surface area (Å²) >= 11 is 3.37. The summed E-state index contributed by atoms with van der Waals surface area (Å²) in [5.41, 5.74) is 0.493. The molecule has 0 aromatic carbocycles. The summed E-state index contributed by atoms with van der Waals surface area (Å²) < 4.78 is 6.86. The van der Waals surface area contributed by atoms with Gasteiger partial charge in [0.05, 0.1) is 0 Å². The van der Waals surface area contributed by atoms with Gasteiger partial charge in [0.1, 0.15) is 6.10 Å². The Morgan fingerprint density at radius 2 is 2.00 bits per heavy atom. The van der Waals surface area contributed by atoms with Gasteiger partial charge in [0.2, 0.25) is 5.88 Å². The quantitative estimate of drug-likeness (QED) is 0.812. The molecule has 0 spiro atoms. The lowest BCUT2D eigenvalue weighted by atomic mass is 9.76. The Morgan fingerprint density at radius 3 is 2.56 bits per heavy atom. The predicted octanol–water partition coefficient (Wildman–Crippen LogP) is 4.19. The highest BCUT2D eigenvalue weighted by Gasteiger charge is 2.27. The maximum atomic E-state index is 5.87. The molecule has 0 aliphatic heterocycles. The molecule has 1 aromatic rings. The Balaban J connectivity index is 1.89. The van der Waals surface area contributed by atoms with Crippen LogP contribution < -0.4 is 4.74 Å². The number of hydrogen-bond acceptors (Lipinski definition) is 2. The van der Waals surface area contributed by atoms with Crippen LogP contribution in [0.4, 0.5) is 0 Å². The molecule has 2 rings (SSSR count). The van der Waals surface area contributed by atoms with Crippen molar-refractivity contribution in [1.29, 1.82) is 0 Å². The molecule has 88 valence electrons. The number of pyridine rings is 1. The highest BCUT2D eigenvalue weighted by molar-refractivity contribution is 9.10. The number of hydrogen-bond donors (Lipinski definition) is 0. The molecule has 1 fully saturated rings. The van der Waals surface area contributed by atoms with Crippen molar-refractivity contribution in [3.05, 3.63) is 22.8 Å². The lowest BCUT2D eigenvalue weighted by Gasteiger charge is -2.34. The highest BCUT2D eigenvalue weighted by atomic mass is 79.9. The molecule has 1 heterocycles. The van der Waals surface area contributed by atoms with Crippen LogP contribution >= 0.6 is 15.9 Å². The van der Waals surface area contributed by atoms with E-state index < -0.39 is 0 Å². The Labute approximate surface area is 106 Å². The fourth-order valence-electron chi connectivity index (χ4n) is 2.09. The Hall–Kier alpha value is -0.570. The monoisotopic (exact) mass is 283 g/mol. The zero-order valence-electron chi connectivity index (χ0n) is 9.87. The predicted molar refractivity (Wildman–Crippen MR) is 68.6 cm³/mol. The van der Waals surface area contributed by atoms with Crippen molar-refractivity contribution < 1.29 is 4.74 Å². The van der Waals surface area contributed by atoms with Crippen LogP contribution in [0.2, 0.25) is 0 Å². The van der Waals surface area contributed by atoms with Gasteiger partial charge in [0, 0.05) is 16.7 Å². The van der Waals surface area contributed by atoms with Crippen LogP contribution in [-0.4, -0.2) is 11.1 Å². The Bertz CT molecular complexity index is 337. The summed E-state index contributed by atoms with van der Waals surface area (Å²) in [6.45, 7) is 4.67. The molecule has 1 aliphatic carbocycles. The molecule has 0 bridgehead atoms. The third-order valence-corrected chi connectivity index (χ3v) is 3.74. The molecule has 0 saturated heterocycles. The second kappa shape index (κ2) is 4.74. The van der Waals surface area contributed by atoms with Crippen molar-refractivity contribution >= 4 is 15.9 Å². The fourth-order valence-corrected chi connectivity index (χ4v) is 2.33. The standard InChI is InChI=1S/C13H18BrNO/c1-13(2)7-5-11(6-8-13)16-12-4-3-10(14)9-15-12/h3-4,9,11H,5-8H2,1-2H3. The van der Waals surface area contributed by atoms with E-state index in [1.54, 1.807) is 6.20 Å². The van der Waals surface area contributed by atoms with Crippen LogP contribution in [-0.2, 0) is 0 Å². The van der Waals surface area contributed by atoms with Crippen LogP contribution in [0.3, 0.4) is 0 Å². The van der Waals surface area contributed by atoms with Gasteiger partial charge in [-0.15, -0.1) is 0 Å². The molecule has 0 atom stereocenters. The van der Waals surface area contributed by atoms with Gasteiger partial charge in [-0.05, 0) is 53.1 Å². The van der Waals surface area contributed by atoms with Crippen molar-refractivity contribution in [2.24, 2.45) is 5.41 Å². The van der Waals surface area contributed by atoms with Gasteiger partial charge < -0.3 is 4.74 Å². The summed E-state index contributed by atoms with van der Waals surface area (Å²) in [5, 5.41) is 0. The molecule has 2 nitrogen and oxygen atoms in total.